The van der Waals surface area contributed by atoms with Crippen LogP contribution in [-0.4, -0.2) is 40.0 Å². The third-order valence-electron chi connectivity index (χ3n) is 6.38. The van der Waals surface area contributed by atoms with Crippen molar-refractivity contribution in [1.29, 1.82) is 0 Å². The van der Waals surface area contributed by atoms with Gasteiger partial charge in [0.15, 0.2) is 0 Å². The highest BCUT2D eigenvalue weighted by molar-refractivity contribution is 5.33. The minimum Gasteiger partial charge on any atom is -0.359 e. The van der Waals surface area contributed by atoms with Gasteiger partial charge in [0.2, 0.25) is 0 Å². The lowest BCUT2D eigenvalue weighted by atomic mass is 9.62. The molecular formula is C21H34O4. The van der Waals surface area contributed by atoms with Gasteiger partial charge in [0, 0.05) is 19.6 Å². The average Bonchev–Trinajstić information content (AvgIpc) is 2.78. The normalized spacial score (nSPS) is 34.4. The second-order valence-corrected chi connectivity index (χ2v) is 8.31. The lowest BCUT2D eigenvalue weighted by molar-refractivity contribution is -0.204. The molecule has 0 saturated heterocycles. The van der Waals surface area contributed by atoms with Gasteiger partial charge in [-0.1, -0.05) is 31.6 Å². The molecule has 0 heterocycles. The summed E-state index contributed by atoms with van der Waals surface area (Å²) in [6.45, 7) is 5.27. The van der Waals surface area contributed by atoms with E-state index in [4.69, 9.17) is 18.9 Å². The first-order valence-electron chi connectivity index (χ1n) is 9.69. The molecule has 0 aliphatic heterocycles. The zero-order valence-electron chi connectivity index (χ0n) is 16.3. The van der Waals surface area contributed by atoms with Gasteiger partial charge < -0.3 is 18.9 Å². The Bertz CT molecular complexity index is 508. The van der Waals surface area contributed by atoms with Crippen molar-refractivity contribution in [2.75, 3.05) is 27.8 Å². The van der Waals surface area contributed by atoms with Crippen LogP contribution in [0.5, 0.6) is 0 Å². The molecule has 3 aliphatic carbocycles. The first kappa shape index (κ1) is 19.1. The van der Waals surface area contributed by atoms with Gasteiger partial charge in [-0.05, 0) is 55.9 Å². The molecule has 3 aliphatic rings. The van der Waals surface area contributed by atoms with E-state index >= 15 is 0 Å². The van der Waals surface area contributed by atoms with Crippen LogP contribution < -0.4 is 0 Å². The molecule has 0 bridgehead atoms. The molecule has 25 heavy (non-hydrogen) atoms. The number of methoxy groups -OCH3 is 2. The molecule has 0 aromatic carbocycles. The van der Waals surface area contributed by atoms with Crippen LogP contribution in [0.1, 0.15) is 52.4 Å². The molecule has 3 rings (SSSR count). The Hall–Kier alpha value is -0.680. The SMILES string of the molecule is COCO[C@@H]1CC2=CC3=CCCC[C@@H]3CC[C@H]2C(C)(C)[C@H]1OCOC. The van der Waals surface area contributed by atoms with E-state index in [2.05, 4.69) is 26.0 Å². The van der Waals surface area contributed by atoms with Gasteiger partial charge in [-0.25, -0.2) is 0 Å². The van der Waals surface area contributed by atoms with Gasteiger partial charge in [0.05, 0.1) is 12.2 Å². The number of fused-ring (bicyclic) bond motifs is 2. The number of ether oxygens (including phenoxy) is 4. The summed E-state index contributed by atoms with van der Waals surface area (Å²) < 4.78 is 22.5. The Morgan fingerprint density at radius 1 is 1.04 bits per heavy atom. The van der Waals surface area contributed by atoms with Crippen LogP contribution in [0, 0.1) is 17.3 Å². The molecule has 4 heteroatoms. The molecule has 4 nitrogen and oxygen atoms in total. The number of rotatable bonds is 6. The van der Waals surface area contributed by atoms with Crippen LogP contribution in [0.25, 0.3) is 0 Å². The molecule has 0 amide bonds. The topological polar surface area (TPSA) is 36.9 Å². The first-order chi connectivity index (χ1) is 12.1. The van der Waals surface area contributed by atoms with E-state index in [1.807, 2.05) is 0 Å². The summed E-state index contributed by atoms with van der Waals surface area (Å²) in [6.07, 6.45) is 12.4. The number of hydrogen-bond donors (Lipinski definition) is 0. The molecule has 1 fully saturated rings. The van der Waals surface area contributed by atoms with E-state index in [1.165, 1.54) is 32.1 Å². The molecule has 0 unspecified atom stereocenters. The predicted octanol–water partition coefficient (Wildman–Crippen LogP) is 4.46. The maximum Gasteiger partial charge on any atom is 0.146 e. The molecule has 0 spiro atoms. The summed E-state index contributed by atoms with van der Waals surface area (Å²) in [5.74, 6) is 1.29. The monoisotopic (exact) mass is 350 g/mol. The molecule has 4 atom stereocenters. The summed E-state index contributed by atoms with van der Waals surface area (Å²) >= 11 is 0. The van der Waals surface area contributed by atoms with Crippen LogP contribution >= 0.6 is 0 Å². The van der Waals surface area contributed by atoms with Crippen molar-refractivity contribution in [3.05, 3.63) is 23.3 Å². The van der Waals surface area contributed by atoms with Crippen molar-refractivity contribution >= 4 is 0 Å². The molecule has 142 valence electrons. The number of allylic oxidation sites excluding steroid dienone is 3. The fraction of sp³-hybridized carbons (Fsp3) is 0.810. The molecule has 0 N–H and O–H groups in total. The summed E-state index contributed by atoms with van der Waals surface area (Å²) in [4.78, 5) is 0. The maximum atomic E-state index is 6.12. The van der Waals surface area contributed by atoms with Crippen molar-refractivity contribution in [2.45, 2.75) is 64.6 Å². The fourth-order valence-corrected chi connectivity index (χ4v) is 5.15. The van der Waals surface area contributed by atoms with Crippen molar-refractivity contribution in [1.82, 2.24) is 0 Å². The van der Waals surface area contributed by atoms with E-state index in [1.54, 1.807) is 25.4 Å². The van der Waals surface area contributed by atoms with E-state index in [0.29, 0.717) is 19.5 Å². The summed E-state index contributed by atoms with van der Waals surface area (Å²) in [5.41, 5.74) is 3.12. The lowest BCUT2D eigenvalue weighted by Gasteiger charge is -2.49. The van der Waals surface area contributed by atoms with E-state index in [0.717, 1.165) is 12.3 Å². The van der Waals surface area contributed by atoms with Crippen LogP contribution in [0.4, 0.5) is 0 Å². The van der Waals surface area contributed by atoms with Gasteiger partial charge in [0.25, 0.3) is 0 Å². The van der Waals surface area contributed by atoms with Crippen LogP contribution in [-0.2, 0) is 18.9 Å². The summed E-state index contributed by atoms with van der Waals surface area (Å²) in [6, 6.07) is 0. The summed E-state index contributed by atoms with van der Waals surface area (Å²) in [5, 5.41) is 0. The van der Waals surface area contributed by atoms with Crippen molar-refractivity contribution in [3.8, 4) is 0 Å². The zero-order chi connectivity index (χ0) is 17.9. The molecule has 0 radical (unpaired) electrons. The largest absolute Gasteiger partial charge is 0.359 e. The quantitative estimate of drug-likeness (QED) is 0.663. The molecular weight excluding hydrogens is 316 g/mol. The third kappa shape index (κ3) is 4.02. The predicted molar refractivity (Wildman–Crippen MR) is 98.1 cm³/mol. The third-order valence-corrected chi connectivity index (χ3v) is 6.38. The Kier molecular flexibility index (Phi) is 6.37. The highest BCUT2D eigenvalue weighted by atomic mass is 16.7. The van der Waals surface area contributed by atoms with Crippen molar-refractivity contribution in [2.24, 2.45) is 17.3 Å². The van der Waals surface area contributed by atoms with Gasteiger partial charge in [-0.3, -0.25) is 0 Å². The second kappa shape index (κ2) is 8.34. The minimum absolute atomic E-state index is 0.00772. The van der Waals surface area contributed by atoms with Crippen molar-refractivity contribution in [3.63, 3.8) is 0 Å². The van der Waals surface area contributed by atoms with Crippen LogP contribution in [0.3, 0.4) is 0 Å². The summed E-state index contributed by atoms with van der Waals surface area (Å²) in [7, 11) is 3.35. The molecule has 0 aromatic rings. The second-order valence-electron chi connectivity index (χ2n) is 8.31. The Balaban J connectivity index is 1.88. The smallest absolute Gasteiger partial charge is 0.146 e. The van der Waals surface area contributed by atoms with E-state index in [9.17, 15) is 0 Å². The minimum atomic E-state index is 0.00772. The van der Waals surface area contributed by atoms with Gasteiger partial charge >= 0.3 is 0 Å². The van der Waals surface area contributed by atoms with Crippen LogP contribution in [0.15, 0.2) is 23.3 Å². The van der Waals surface area contributed by atoms with Gasteiger partial charge in [0.1, 0.15) is 13.6 Å². The molecule has 0 aromatic heterocycles. The lowest BCUT2D eigenvalue weighted by Crippen LogP contribution is -2.52. The zero-order valence-corrected chi connectivity index (χ0v) is 16.3. The first-order valence-corrected chi connectivity index (χ1v) is 9.69. The Morgan fingerprint density at radius 3 is 2.56 bits per heavy atom. The fourth-order valence-electron chi connectivity index (χ4n) is 5.15. The van der Waals surface area contributed by atoms with E-state index in [-0.39, 0.29) is 17.6 Å². The maximum absolute atomic E-state index is 6.12. The Labute approximate surface area is 152 Å². The number of hydrogen-bond acceptors (Lipinski definition) is 4. The van der Waals surface area contributed by atoms with Crippen molar-refractivity contribution < 1.29 is 18.9 Å². The van der Waals surface area contributed by atoms with Gasteiger partial charge in [-0.2, -0.15) is 0 Å². The average molecular weight is 350 g/mol. The highest BCUT2D eigenvalue weighted by Crippen LogP contribution is 2.51. The Morgan fingerprint density at radius 2 is 1.80 bits per heavy atom. The van der Waals surface area contributed by atoms with E-state index < -0.39 is 0 Å². The highest BCUT2D eigenvalue weighted by Gasteiger charge is 2.49. The van der Waals surface area contributed by atoms with Crippen LogP contribution in [0.2, 0.25) is 0 Å². The standard InChI is InChI=1S/C21H34O4/c1-21(2)18-10-9-15-7-5-6-8-16(15)11-17(18)12-19(24-13-22-3)20(21)25-14-23-4/h8,11,15,18-20H,5-7,9-10,12-14H2,1-4H3/t15-,18-,19-,20+/m1/s1. The van der Waals surface area contributed by atoms with Gasteiger partial charge in [-0.15, -0.1) is 0 Å². The molecule has 1 saturated carbocycles.